The van der Waals surface area contributed by atoms with Gasteiger partial charge in [-0.15, -0.1) is 0 Å². The molecule has 0 aliphatic carbocycles. The van der Waals surface area contributed by atoms with Crippen molar-refractivity contribution >= 4 is 21.8 Å². The third-order valence-corrected chi connectivity index (χ3v) is 6.26. The molecule has 0 aromatic carbocycles. The lowest BCUT2D eigenvalue weighted by atomic mass is 10.2. The number of aromatic amines is 1. The number of nitrogens with one attached hydrogen (secondary N) is 3. The Balaban J connectivity index is 1.96. The van der Waals surface area contributed by atoms with Crippen LogP contribution >= 0.6 is 11.8 Å². The molecule has 21 heavy (non-hydrogen) atoms. The maximum absolute atomic E-state index is 12.4. The topological polar surface area (TPSA) is 86.9 Å². The summed E-state index contributed by atoms with van der Waals surface area (Å²) in [5.74, 6) is 1.13. The highest BCUT2D eigenvalue weighted by atomic mass is 32.2. The van der Waals surface area contributed by atoms with E-state index < -0.39 is 10.0 Å². The average Bonchev–Trinajstić information content (AvgIpc) is 2.93. The summed E-state index contributed by atoms with van der Waals surface area (Å²) in [7, 11) is -3.52. The number of hydrogen-bond acceptors (Lipinski definition) is 5. The van der Waals surface area contributed by atoms with Gasteiger partial charge < -0.3 is 5.32 Å². The van der Waals surface area contributed by atoms with Gasteiger partial charge in [0.05, 0.1) is 6.20 Å². The molecule has 1 saturated heterocycles. The Morgan fingerprint density at radius 1 is 1.48 bits per heavy atom. The SMILES string of the molecule is CC(C)NCc1cn[nH]c1S(=O)(=O)NCC1CCCCS1. The summed E-state index contributed by atoms with van der Waals surface area (Å²) in [6, 6.07) is 0.294. The van der Waals surface area contributed by atoms with E-state index in [0.717, 1.165) is 12.2 Å². The zero-order valence-corrected chi connectivity index (χ0v) is 14.2. The van der Waals surface area contributed by atoms with E-state index in [2.05, 4.69) is 20.2 Å². The van der Waals surface area contributed by atoms with Crippen molar-refractivity contribution in [1.29, 1.82) is 0 Å². The Labute approximate surface area is 130 Å². The van der Waals surface area contributed by atoms with Crippen molar-refractivity contribution in [3.8, 4) is 0 Å². The van der Waals surface area contributed by atoms with E-state index in [-0.39, 0.29) is 5.03 Å². The Hall–Kier alpha value is -0.570. The second kappa shape index (κ2) is 7.62. The average molecular weight is 332 g/mol. The predicted octanol–water partition coefficient (Wildman–Crippen LogP) is 1.47. The van der Waals surface area contributed by atoms with Crippen molar-refractivity contribution in [3.63, 3.8) is 0 Å². The first-order valence-electron chi connectivity index (χ1n) is 7.36. The smallest absolute Gasteiger partial charge is 0.257 e. The number of rotatable bonds is 7. The molecule has 2 heterocycles. The minimum atomic E-state index is -3.52. The molecule has 1 aliphatic rings. The minimum absolute atomic E-state index is 0.177. The molecule has 1 aromatic heterocycles. The molecule has 1 unspecified atom stereocenters. The fourth-order valence-electron chi connectivity index (χ4n) is 2.22. The third kappa shape index (κ3) is 4.98. The van der Waals surface area contributed by atoms with Gasteiger partial charge in [-0.25, -0.2) is 13.1 Å². The fraction of sp³-hybridized carbons (Fsp3) is 0.769. The van der Waals surface area contributed by atoms with Gasteiger partial charge in [-0.3, -0.25) is 5.10 Å². The van der Waals surface area contributed by atoms with Crippen molar-refractivity contribution in [2.75, 3.05) is 12.3 Å². The van der Waals surface area contributed by atoms with Crippen LogP contribution in [0.3, 0.4) is 0 Å². The van der Waals surface area contributed by atoms with E-state index in [1.165, 1.54) is 12.8 Å². The first-order chi connectivity index (χ1) is 9.99. The maximum Gasteiger partial charge on any atom is 0.257 e. The molecule has 3 N–H and O–H groups in total. The number of thioether (sulfide) groups is 1. The highest BCUT2D eigenvalue weighted by Gasteiger charge is 2.23. The highest BCUT2D eigenvalue weighted by Crippen LogP contribution is 2.24. The number of hydrogen-bond donors (Lipinski definition) is 3. The lowest BCUT2D eigenvalue weighted by Gasteiger charge is -2.21. The molecule has 0 bridgehead atoms. The van der Waals surface area contributed by atoms with Crippen LogP contribution in [-0.4, -0.2) is 42.2 Å². The van der Waals surface area contributed by atoms with Gasteiger partial charge in [-0.2, -0.15) is 16.9 Å². The van der Waals surface area contributed by atoms with E-state index in [0.29, 0.717) is 29.9 Å². The molecular weight excluding hydrogens is 308 g/mol. The molecule has 0 spiro atoms. The predicted molar refractivity (Wildman–Crippen MR) is 85.8 cm³/mol. The van der Waals surface area contributed by atoms with Crippen LogP contribution in [0.5, 0.6) is 0 Å². The Morgan fingerprint density at radius 2 is 2.29 bits per heavy atom. The zero-order valence-electron chi connectivity index (χ0n) is 12.6. The molecule has 1 aromatic rings. The molecule has 1 atom stereocenters. The summed E-state index contributed by atoms with van der Waals surface area (Å²) in [5.41, 5.74) is 0.674. The Morgan fingerprint density at radius 3 is 2.95 bits per heavy atom. The lowest BCUT2D eigenvalue weighted by molar-refractivity contribution is 0.560. The highest BCUT2D eigenvalue weighted by molar-refractivity contribution is 8.00. The molecule has 2 rings (SSSR count). The van der Waals surface area contributed by atoms with Gasteiger partial charge in [0.2, 0.25) is 0 Å². The molecule has 120 valence electrons. The largest absolute Gasteiger partial charge is 0.310 e. The Bertz CT molecular complexity index is 536. The molecule has 1 fully saturated rings. The lowest BCUT2D eigenvalue weighted by Crippen LogP contribution is -2.33. The molecular formula is C13H24N4O2S2. The number of aromatic nitrogens is 2. The van der Waals surface area contributed by atoms with Gasteiger partial charge in [0, 0.05) is 29.9 Å². The molecule has 0 saturated carbocycles. The fourth-order valence-corrected chi connectivity index (χ4v) is 4.77. The van der Waals surface area contributed by atoms with Crippen LogP contribution < -0.4 is 10.0 Å². The van der Waals surface area contributed by atoms with Crippen LogP contribution in [0.1, 0.15) is 38.7 Å². The third-order valence-electron chi connectivity index (χ3n) is 3.42. The summed E-state index contributed by atoms with van der Waals surface area (Å²) in [6.45, 7) is 5.02. The summed E-state index contributed by atoms with van der Waals surface area (Å²) >= 11 is 1.85. The second-order valence-electron chi connectivity index (χ2n) is 5.60. The van der Waals surface area contributed by atoms with Gasteiger partial charge in [-0.05, 0) is 18.6 Å². The number of sulfonamides is 1. The number of H-pyrrole nitrogens is 1. The zero-order chi connectivity index (χ0) is 15.3. The monoisotopic (exact) mass is 332 g/mol. The van der Waals surface area contributed by atoms with Gasteiger partial charge in [-0.1, -0.05) is 20.3 Å². The van der Waals surface area contributed by atoms with Crippen LogP contribution in [-0.2, 0) is 16.6 Å². The van der Waals surface area contributed by atoms with Crippen LogP contribution in [0.4, 0.5) is 0 Å². The molecule has 6 nitrogen and oxygen atoms in total. The van der Waals surface area contributed by atoms with Crippen LogP contribution in [0.2, 0.25) is 0 Å². The summed E-state index contributed by atoms with van der Waals surface area (Å²) < 4.78 is 27.5. The quantitative estimate of drug-likeness (QED) is 0.704. The second-order valence-corrected chi connectivity index (χ2v) is 8.71. The summed E-state index contributed by atoms with van der Waals surface area (Å²) in [6.07, 6.45) is 5.07. The van der Waals surface area contributed by atoms with Crippen molar-refractivity contribution < 1.29 is 8.42 Å². The van der Waals surface area contributed by atoms with Crippen molar-refractivity contribution in [3.05, 3.63) is 11.8 Å². The van der Waals surface area contributed by atoms with Crippen LogP contribution in [0.25, 0.3) is 0 Å². The maximum atomic E-state index is 12.4. The van der Waals surface area contributed by atoms with Gasteiger partial charge in [0.25, 0.3) is 10.0 Å². The standard InChI is InChI=1S/C13H24N4O2S2/c1-10(2)14-7-11-8-15-17-13(11)21(18,19)16-9-12-5-3-4-6-20-12/h8,10,12,14,16H,3-7,9H2,1-2H3,(H,15,17). The van der Waals surface area contributed by atoms with Crippen molar-refractivity contribution in [2.24, 2.45) is 0 Å². The van der Waals surface area contributed by atoms with E-state index in [1.54, 1.807) is 6.20 Å². The molecule has 0 radical (unpaired) electrons. The molecule has 0 amide bonds. The van der Waals surface area contributed by atoms with Crippen LogP contribution in [0, 0.1) is 0 Å². The van der Waals surface area contributed by atoms with Crippen LogP contribution in [0.15, 0.2) is 11.2 Å². The van der Waals surface area contributed by atoms with Gasteiger partial charge >= 0.3 is 0 Å². The number of nitrogens with zero attached hydrogens (tertiary/aromatic N) is 1. The van der Waals surface area contributed by atoms with Gasteiger partial charge in [0.1, 0.15) is 0 Å². The first kappa shape index (κ1) is 16.8. The van der Waals surface area contributed by atoms with E-state index >= 15 is 0 Å². The summed E-state index contributed by atoms with van der Waals surface area (Å²) in [4.78, 5) is 0. The molecule has 1 aliphatic heterocycles. The van der Waals surface area contributed by atoms with E-state index in [4.69, 9.17) is 0 Å². The molecule has 8 heteroatoms. The first-order valence-corrected chi connectivity index (χ1v) is 9.89. The van der Waals surface area contributed by atoms with E-state index in [9.17, 15) is 8.42 Å². The summed E-state index contributed by atoms with van der Waals surface area (Å²) in [5, 5.41) is 10.3. The van der Waals surface area contributed by atoms with Gasteiger partial charge in [0.15, 0.2) is 5.03 Å². The van der Waals surface area contributed by atoms with E-state index in [1.807, 2.05) is 25.6 Å². The Kier molecular flexibility index (Phi) is 6.09. The van der Waals surface area contributed by atoms with Crippen molar-refractivity contribution in [2.45, 2.75) is 56.0 Å². The minimum Gasteiger partial charge on any atom is -0.310 e. The van der Waals surface area contributed by atoms with Crippen molar-refractivity contribution in [1.82, 2.24) is 20.2 Å². The normalized spacial score (nSPS) is 20.0.